The standard InChI is InChI=1S/C12H19N5OS/c1-4-8-5-9-10(17(3)7(2)6-18)14-12(16-13)15-11(9)19-8/h5,7,18H,4,6,13H2,1-3H3,(H,14,15,16). The van der Waals surface area contributed by atoms with E-state index in [1.165, 1.54) is 4.88 Å². The molecule has 2 aromatic heterocycles. The Hall–Kier alpha value is -1.44. The molecule has 0 aliphatic heterocycles. The minimum atomic E-state index is -0.0197. The average Bonchev–Trinajstić information content (AvgIpc) is 2.87. The van der Waals surface area contributed by atoms with Crippen molar-refractivity contribution in [3.63, 3.8) is 0 Å². The Morgan fingerprint density at radius 2 is 2.26 bits per heavy atom. The summed E-state index contributed by atoms with van der Waals surface area (Å²) >= 11 is 1.64. The van der Waals surface area contributed by atoms with E-state index in [4.69, 9.17) is 5.84 Å². The van der Waals surface area contributed by atoms with E-state index in [1.54, 1.807) is 11.3 Å². The monoisotopic (exact) mass is 281 g/mol. The molecular weight excluding hydrogens is 262 g/mol. The van der Waals surface area contributed by atoms with E-state index in [0.29, 0.717) is 5.95 Å². The molecular formula is C12H19N5OS. The van der Waals surface area contributed by atoms with Gasteiger partial charge in [-0.25, -0.2) is 10.8 Å². The van der Waals surface area contributed by atoms with Crippen molar-refractivity contribution in [2.45, 2.75) is 26.3 Å². The number of nitrogens with two attached hydrogens (primary N) is 1. The fourth-order valence-corrected chi connectivity index (χ4v) is 2.76. The lowest BCUT2D eigenvalue weighted by Crippen LogP contribution is -2.32. The molecule has 2 heterocycles. The molecule has 0 saturated heterocycles. The van der Waals surface area contributed by atoms with Gasteiger partial charge in [-0.05, 0) is 19.4 Å². The van der Waals surface area contributed by atoms with Crippen LogP contribution in [0.5, 0.6) is 0 Å². The van der Waals surface area contributed by atoms with Crippen LogP contribution < -0.4 is 16.2 Å². The molecule has 0 aliphatic carbocycles. The molecule has 0 fully saturated rings. The Bertz CT molecular complexity index is 570. The largest absolute Gasteiger partial charge is 0.394 e. The number of likely N-dealkylation sites (N-methyl/N-ethyl adjacent to an activating group) is 1. The number of nitrogens with one attached hydrogen (secondary N) is 1. The summed E-state index contributed by atoms with van der Waals surface area (Å²) in [6.07, 6.45) is 0.963. The molecule has 0 bridgehead atoms. The van der Waals surface area contributed by atoms with Crippen molar-refractivity contribution < 1.29 is 5.11 Å². The van der Waals surface area contributed by atoms with Gasteiger partial charge in [-0.2, -0.15) is 4.98 Å². The molecule has 1 unspecified atom stereocenters. The highest BCUT2D eigenvalue weighted by Gasteiger charge is 2.17. The van der Waals surface area contributed by atoms with Gasteiger partial charge in [-0.1, -0.05) is 6.92 Å². The molecule has 0 aliphatic rings. The smallest absolute Gasteiger partial charge is 0.240 e. The van der Waals surface area contributed by atoms with E-state index in [9.17, 15) is 5.11 Å². The SMILES string of the molecule is CCc1cc2c(N(C)C(C)CO)nc(NN)nc2s1. The van der Waals surface area contributed by atoms with E-state index < -0.39 is 0 Å². The number of nitrogen functional groups attached to an aromatic ring is 1. The zero-order valence-electron chi connectivity index (χ0n) is 11.3. The van der Waals surface area contributed by atoms with Crippen LogP contribution in [0, 0.1) is 0 Å². The first-order valence-electron chi connectivity index (χ1n) is 6.21. The lowest BCUT2D eigenvalue weighted by Gasteiger charge is -2.25. The third-order valence-corrected chi connectivity index (χ3v) is 4.33. The number of fused-ring (bicyclic) bond motifs is 1. The normalized spacial score (nSPS) is 12.7. The second kappa shape index (κ2) is 5.68. The Balaban J connectivity index is 2.59. The molecule has 0 spiro atoms. The van der Waals surface area contributed by atoms with Gasteiger partial charge in [-0.3, -0.25) is 5.43 Å². The van der Waals surface area contributed by atoms with Crippen molar-refractivity contribution in [3.05, 3.63) is 10.9 Å². The predicted molar refractivity (Wildman–Crippen MR) is 79.6 cm³/mol. The number of aliphatic hydroxyl groups excluding tert-OH is 1. The van der Waals surface area contributed by atoms with Gasteiger partial charge < -0.3 is 10.0 Å². The first-order chi connectivity index (χ1) is 9.10. The Morgan fingerprint density at radius 1 is 1.53 bits per heavy atom. The number of aryl methyl sites for hydroxylation is 1. The zero-order chi connectivity index (χ0) is 14.0. The van der Waals surface area contributed by atoms with Crippen molar-refractivity contribution in [2.75, 3.05) is 24.0 Å². The van der Waals surface area contributed by atoms with Gasteiger partial charge >= 0.3 is 0 Å². The lowest BCUT2D eigenvalue weighted by molar-refractivity contribution is 0.270. The van der Waals surface area contributed by atoms with Crippen LogP contribution in [0.1, 0.15) is 18.7 Å². The van der Waals surface area contributed by atoms with Gasteiger partial charge in [0.15, 0.2) is 0 Å². The van der Waals surface area contributed by atoms with Crippen molar-refractivity contribution in [2.24, 2.45) is 5.84 Å². The fraction of sp³-hybridized carbons (Fsp3) is 0.500. The van der Waals surface area contributed by atoms with Gasteiger partial charge in [0.2, 0.25) is 5.95 Å². The number of hydrazine groups is 1. The summed E-state index contributed by atoms with van der Waals surface area (Å²) < 4.78 is 0. The summed E-state index contributed by atoms with van der Waals surface area (Å²) in [5.41, 5.74) is 2.49. The number of aliphatic hydroxyl groups is 1. The van der Waals surface area contributed by atoms with Crippen LogP contribution in [0.15, 0.2) is 6.07 Å². The summed E-state index contributed by atoms with van der Waals surface area (Å²) in [6, 6.07) is 2.09. The average molecular weight is 281 g/mol. The number of aromatic nitrogens is 2. The molecule has 6 nitrogen and oxygen atoms in total. The van der Waals surface area contributed by atoms with Crippen LogP contribution in [0.4, 0.5) is 11.8 Å². The summed E-state index contributed by atoms with van der Waals surface area (Å²) in [5, 5.41) is 10.3. The van der Waals surface area contributed by atoms with Crippen LogP contribution in [0.2, 0.25) is 0 Å². The number of hydrogen-bond acceptors (Lipinski definition) is 7. The topological polar surface area (TPSA) is 87.3 Å². The maximum absolute atomic E-state index is 9.29. The maximum atomic E-state index is 9.29. The van der Waals surface area contributed by atoms with Crippen LogP contribution in [0.3, 0.4) is 0 Å². The molecule has 2 aromatic rings. The lowest BCUT2D eigenvalue weighted by atomic mass is 10.2. The molecule has 4 N–H and O–H groups in total. The zero-order valence-corrected chi connectivity index (χ0v) is 12.2. The molecule has 0 saturated carbocycles. The summed E-state index contributed by atoms with van der Waals surface area (Å²) in [6.45, 7) is 4.12. The van der Waals surface area contributed by atoms with Gasteiger partial charge in [0.05, 0.1) is 18.0 Å². The van der Waals surface area contributed by atoms with Crippen molar-refractivity contribution in [3.8, 4) is 0 Å². The third-order valence-electron chi connectivity index (χ3n) is 3.16. The number of anilines is 2. The van der Waals surface area contributed by atoms with E-state index in [0.717, 1.165) is 22.5 Å². The highest BCUT2D eigenvalue weighted by molar-refractivity contribution is 7.18. The second-order valence-electron chi connectivity index (χ2n) is 4.44. The number of thiophene rings is 1. The van der Waals surface area contributed by atoms with Crippen LogP contribution in [-0.4, -0.2) is 34.8 Å². The van der Waals surface area contributed by atoms with Crippen LogP contribution in [0.25, 0.3) is 10.2 Å². The molecule has 0 aromatic carbocycles. The molecule has 2 rings (SSSR count). The highest BCUT2D eigenvalue weighted by Crippen LogP contribution is 2.32. The van der Waals surface area contributed by atoms with Gasteiger partial charge in [0, 0.05) is 11.9 Å². The van der Waals surface area contributed by atoms with Gasteiger partial charge in [0.25, 0.3) is 0 Å². The minimum absolute atomic E-state index is 0.0197. The molecule has 19 heavy (non-hydrogen) atoms. The highest BCUT2D eigenvalue weighted by atomic mass is 32.1. The number of hydrogen-bond donors (Lipinski definition) is 3. The number of nitrogens with zero attached hydrogens (tertiary/aromatic N) is 3. The summed E-state index contributed by atoms with van der Waals surface area (Å²) in [7, 11) is 1.91. The van der Waals surface area contributed by atoms with E-state index in [2.05, 4.69) is 28.4 Å². The first kappa shape index (κ1) is 14.0. The molecule has 7 heteroatoms. The fourth-order valence-electron chi connectivity index (χ4n) is 1.80. The summed E-state index contributed by atoms with van der Waals surface area (Å²) in [4.78, 5) is 12.9. The predicted octanol–water partition coefficient (Wildman–Crippen LogP) is 1.36. The van der Waals surface area contributed by atoms with Crippen LogP contribution >= 0.6 is 11.3 Å². The second-order valence-corrected chi connectivity index (χ2v) is 5.56. The van der Waals surface area contributed by atoms with Crippen molar-refractivity contribution in [1.82, 2.24) is 9.97 Å². The molecule has 1 atom stereocenters. The van der Waals surface area contributed by atoms with Crippen LogP contribution in [-0.2, 0) is 6.42 Å². The minimum Gasteiger partial charge on any atom is -0.394 e. The van der Waals surface area contributed by atoms with Gasteiger partial charge in [0.1, 0.15) is 10.6 Å². The Morgan fingerprint density at radius 3 is 2.84 bits per heavy atom. The Kier molecular flexibility index (Phi) is 4.18. The van der Waals surface area contributed by atoms with Crippen molar-refractivity contribution >= 4 is 33.3 Å². The quantitative estimate of drug-likeness (QED) is 0.566. The maximum Gasteiger partial charge on any atom is 0.240 e. The molecule has 104 valence electrons. The molecule has 0 radical (unpaired) electrons. The van der Waals surface area contributed by atoms with E-state index in [1.807, 2.05) is 18.9 Å². The third kappa shape index (κ3) is 2.63. The van der Waals surface area contributed by atoms with E-state index >= 15 is 0 Å². The summed E-state index contributed by atoms with van der Waals surface area (Å²) in [5.74, 6) is 6.60. The van der Waals surface area contributed by atoms with Gasteiger partial charge in [-0.15, -0.1) is 11.3 Å². The number of rotatable bonds is 5. The first-order valence-corrected chi connectivity index (χ1v) is 7.03. The molecule has 0 amide bonds. The Labute approximate surface area is 116 Å². The van der Waals surface area contributed by atoms with Crippen molar-refractivity contribution in [1.29, 1.82) is 0 Å². The van der Waals surface area contributed by atoms with E-state index in [-0.39, 0.29) is 12.6 Å².